The predicted octanol–water partition coefficient (Wildman–Crippen LogP) is 2.74. The highest BCUT2D eigenvalue weighted by atomic mass is 16.6. The molecular weight excluding hydrogens is 240 g/mol. The molecule has 0 N–H and O–H groups in total. The Kier molecular flexibility index (Phi) is 4.04. The van der Waals surface area contributed by atoms with Gasteiger partial charge in [-0.05, 0) is 49.3 Å². The van der Waals surface area contributed by atoms with E-state index in [0.717, 1.165) is 37.9 Å². The smallest absolute Gasteiger partial charge is 0.122 e. The maximum absolute atomic E-state index is 5.72. The molecule has 1 aliphatic heterocycles. The topological polar surface area (TPSA) is 31.0 Å². The van der Waals surface area contributed by atoms with E-state index in [1.807, 2.05) is 0 Å². The summed E-state index contributed by atoms with van der Waals surface area (Å²) in [6.07, 6.45) is 4.01. The number of epoxide rings is 1. The Morgan fingerprint density at radius 3 is 2.79 bits per heavy atom. The standard InChI is InChI=1S/C16H22O3/c1-12-8-13(6-7-17-9-14-2-3-14)4-5-16(12)19-11-15-10-18-15/h4-5,8,14-15H,2-3,6-7,9-11H2,1H3. The second-order valence-electron chi connectivity index (χ2n) is 5.63. The van der Waals surface area contributed by atoms with E-state index < -0.39 is 0 Å². The van der Waals surface area contributed by atoms with Gasteiger partial charge in [0.2, 0.25) is 0 Å². The lowest BCUT2D eigenvalue weighted by Gasteiger charge is -2.10. The third-order valence-corrected chi connectivity index (χ3v) is 3.65. The first-order chi connectivity index (χ1) is 9.31. The fourth-order valence-electron chi connectivity index (χ4n) is 2.10. The van der Waals surface area contributed by atoms with Crippen LogP contribution in [0.2, 0.25) is 0 Å². The minimum absolute atomic E-state index is 0.315. The van der Waals surface area contributed by atoms with Crippen molar-refractivity contribution in [1.82, 2.24) is 0 Å². The van der Waals surface area contributed by atoms with Crippen LogP contribution in [0.1, 0.15) is 24.0 Å². The lowest BCUT2D eigenvalue weighted by atomic mass is 10.1. The molecule has 0 aromatic heterocycles. The zero-order valence-corrected chi connectivity index (χ0v) is 11.6. The summed E-state index contributed by atoms with van der Waals surface area (Å²) < 4.78 is 16.5. The van der Waals surface area contributed by atoms with Crippen LogP contribution < -0.4 is 4.74 Å². The van der Waals surface area contributed by atoms with Gasteiger partial charge >= 0.3 is 0 Å². The van der Waals surface area contributed by atoms with Gasteiger partial charge in [0.15, 0.2) is 0 Å². The van der Waals surface area contributed by atoms with Gasteiger partial charge in [0.25, 0.3) is 0 Å². The van der Waals surface area contributed by atoms with Crippen LogP contribution in [0.15, 0.2) is 18.2 Å². The Hall–Kier alpha value is -1.06. The quantitative estimate of drug-likeness (QED) is 0.533. The SMILES string of the molecule is Cc1cc(CCOCC2CC2)ccc1OCC1CO1. The van der Waals surface area contributed by atoms with Gasteiger partial charge in [-0.1, -0.05) is 12.1 Å². The number of benzene rings is 1. The van der Waals surface area contributed by atoms with Crippen LogP contribution in [0.5, 0.6) is 5.75 Å². The van der Waals surface area contributed by atoms with Crippen molar-refractivity contribution >= 4 is 0 Å². The molecule has 0 bridgehead atoms. The minimum Gasteiger partial charge on any atom is -0.491 e. The summed E-state index contributed by atoms with van der Waals surface area (Å²) in [6, 6.07) is 6.40. The number of ether oxygens (including phenoxy) is 3. The molecule has 1 aliphatic carbocycles. The van der Waals surface area contributed by atoms with Gasteiger partial charge in [0, 0.05) is 6.61 Å². The van der Waals surface area contributed by atoms with Gasteiger partial charge in [0.05, 0.1) is 13.2 Å². The van der Waals surface area contributed by atoms with Crippen molar-refractivity contribution < 1.29 is 14.2 Å². The van der Waals surface area contributed by atoms with E-state index in [0.29, 0.717) is 12.7 Å². The summed E-state index contributed by atoms with van der Waals surface area (Å²) in [7, 11) is 0. The molecule has 0 amide bonds. The molecule has 1 unspecified atom stereocenters. The van der Waals surface area contributed by atoms with Gasteiger partial charge in [-0.3, -0.25) is 0 Å². The highest BCUT2D eigenvalue weighted by Gasteiger charge is 2.23. The first kappa shape index (κ1) is 12.9. The van der Waals surface area contributed by atoms with Crippen molar-refractivity contribution in [3.63, 3.8) is 0 Å². The number of aryl methyl sites for hydroxylation is 1. The number of hydrogen-bond donors (Lipinski definition) is 0. The van der Waals surface area contributed by atoms with Crippen molar-refractivity contribution in [1.29, 1.82) is 0 Å². The molecule has 1 aromatic rings. The minimum atomic E-state index is 0.315. The Morgan fingerprint density at radius 2 is 2.11 bits per heavy atom. The summed E-state index contributed by atoms with van der Waals surface area (Å²) in [4.78, 5) is 0. The zero-order valence-electron chi connectivity index (χ0n) is 11.6. The van der Waals surface area contributed by atoms with E-state index in [-0.39, 0.29) is 0 Å². The molecule has 1 atom stereocenters. The molecule has 0 radical (unpaired) electrons. The normalized spacial score (nSPS) is 21.4. The predicted molar refractivity (Wildman–Crippen MR) is 73.7 cm³/mol. The lowest BCUT2D eigenvalue weighted by Crippen LogP contribution is -2.06. The van der Waals surface area contributed by atoms with E-state index in [4.69, 9.17) is 14.2 Å². The lowest BCUT2D eigenvalue weighted by molar-refractivity contribution is 0.127. The van der Waals surface area contributed by atoms with Crippen molar-refractivity contribution in [2.45, 2.75) is 32.3 Å². The molecule has 1 saturated heterocycles. The molecule has 2 aliphatic rings. The highest BCUT2D eigenvalue weighted by Crippen LogP contribution is 2.28. The van der Waals surface area contributed by atoms with E-state index >= 15 is 0 Å². The Morgan fingerprint density at radius 1 is 1.26 bits per heavy atom. The molecule has 3 rings (SSSR count). The number of hydrogen-bond acceptors (Lipinski definition) is 3. The average molecular weight is 262 g/mol. The van der Waals surface area contributed by atoms with E-state index in [1.165, 1.54) is 24.0 Å². The van der Waals surface area contributed by atoms with Crippen LogP contribution in [-0.4, -0.2) is 32.5 Å². The van der Waals surface area contributed by atoms with E-state index in [9.17, 15) is 0 Å². The highest BCUT2D eigenvalue weighted by molar-refractivity contribution is 5.36. The summed E-state index contributed by atoms with van der Waals surface area (Å²) in [6.45, 7) is 5.38. The van der Waals surface area contributed by atoms with E-state index in [2.05, 4.69) is 25.1 Å². The maximum Gasteiger partial charge on any atom is 0.122 e. The molecule has 0 spiro atoms. The van der Waals surface area contributed by atoms with Crippen LogP contribution in [0, 0.1) is 12.8 Å². The van der Waals surface area contributed by atoms with Crippen LogP contribution >= 0.6 is 0 Å². The molecule has 1 saturated carbocycles. The average Bonchev–Trinajstić information content (AvgIpc) is 3.26. The molecular formula is C16H22O3. The summed E-state index contributed by atoms with van der Waals surface area (Å²) in [5.74, 6) is 1.82. The van der Waals surface area contributed by atoms with Crippen molar-refractivity contribution in [3.8, 4) is 5.75 Å². The molecule has 3 nitrogen and oxygen atoms in total. The van der Waals surface area contributed by atoms with Crippen LogP contribution in [0.25, 0.3) is 0 Å². The summed E-state index contributed by atoms with van der Waals surface area (Å²) in [5.41, 5.74) is 2.52. The molecule has 104 valence electrons. The second-order valence-corrected chi connectivity index (χ2v) is 5.63. The molecule has 1 heterocycles. The molecule has 19 heavy (non-hydrogen) atoms. The van der Waals surface area contributed by atoms with Crippen LogP contribution in [-0.2, 0) is 15.9 Å². The molecule has 3 heteroatoms. The van der Waals surface area contributed by atoms with Crippen LogP contribution in [0.4, 0.5) is 0 Å². The maximum atomic E-state index is 5.72. The van der Waals surface area contributed by atoms with Crippen molar-refractivity contribution in [2.75, 3.05) is 26.4 Å². The number of rotatable bonds is 8. The molecule has 2 fully saturated rings. The fourth-order valence-corrected chi connectivity index (χ4v) is 2.10. The first-order valence-corrected chi connectivity index (χ1v) is 7.23. The van der Waals surface area contributed by atoms with Crippen molar-refractivity contribution in [3.05, 3.63) is 29.3 Å². The third-order valence-electron chi connectivity index (χ3n) is 3.65. The van der Waals surface area contributed by atoms with Gasteiger partial charge in [-0.2, -0.15) is 0 Å². The van der Waals surface area contributed by atoms with Crippen molar-refractivity contribution in [2.24, 2.45) is 5.92 Å². The Bertz CT molecular complexity index is 422. The Labute approximate surface area is 114 Å². The van der Waals surface area contributed by atoms with Crippen LogP contribution in [0.3, 0.4) is 0 Å². The Balaban J connectivity index is 1.43. The summed E-state index contributed by atoms with van der Waals surface area (Å²) in [5, 5.41) is 0. The molecule has 1 aromatic carbocycles. The van der Waals surface area contributed by atoms with Gasteiger partial charge in [-0.25, -0.2) is 0 Å². The van der Waals surface area contributed by atoms with E-state index in [1.54, 1.807) is 0 Å². The second kappa shape index (κ2) is 5.93. The van der Waals surface area contributed by atoms with Gasteiger partial charge in [0.1, 0.15) is 18.5 Å². The van der Waals surface area contributed by atoms with Gasteiger partial charge in [-0.15, -0.1) is 0 Å². The largest absolute Gasteiger partial charge is 0.491 e. The van der Waals surface area contributed by atoms with Gasteiger partial charge < -0.3 is 14.2 Å². The zero-order chi connectivity index (χ0) is 13.1. The monoisotopic (exact) mass is 262 g/mol. The summed E-state index contributed by atoms with van der Waals surface area (Å²) >= 11 is 0. The third kappa shape index (κ3) is 4.22. The first-order valence-electron chi connectivity index (χ1n) is 7.23. The fraction of sp³-hybridized carbons (Fsp3) is 0.625.